The largest absolute Gasteiger partial charge is 0.423 e. The summed E-state index contributed by atoms with van der Waals surface area (Å²) in [6, 6.07) is 17.1. The third kappa shape index (κ3) is 5.08. The lowest BCUT2D eigenvalue weighted by Gasteiger charge is -2.06. The van der Waals surface area contributed by atoms with Crippen molar-refractivity contribution in [3.63, 3.8) is 0 Å². The molecule has 3 rings (SSSR count). The zero-order valence-electron chi connectivity index (χ0n) is 14.0. The van der Waals surface area contributed by atoms with Crippen LogP contribution in [0.25, 0.3) is 0 Å². The molecule has 7 heteroatoms. The number of carbonyl (C=O) groups is 2. The Labute approximate surface area is 164 Å². The number of nitrogens with one attached hydrogen (secondary N) is 1. The van der Waals surface area contributed by atoms with Crippen LogP contribution < -0.4 is 10.2 Å². The van der Waals surface area contributed by atoms with Gasteiger partial charge in [0.2, 0.25) is 0 Å². The molecular formula is C20H14BrN3O3. The van der Waals surface area contributed by atoms with Gasteiger partial charge in [0, 0.05) is 16.9 Å². The number of hydrogen-bond donors (Lipinski definition) is 1. The number of esters is 1. The minimum Gasteiger partial charge on any atom is -0.423 e. The van der Waals surface area contributed by atoms with Gasteiger partial charge in [-0.1, -0.05) is 12.1 Å². The molecule has 0 atom stereocenters. The Hall–Kier alpha value is -3.32. The Morgan fingerprint density at radius 1 is 1.04 bits per heavy atom. The number of nitrogens with zero attached hydrogens (tertiary/aromatic N) is 2. The third-order valence-electron chi connectivity index (χ3n) is 3.49. The second-order valence-electron chi connectivity index (χ2n) is 5.38. The number of aromatic nitrogens is 1. The number of rotatable bonds is 5. The van der Waals surface area contributed by atoms with Gasteiger partial charge in [0.1, 0.15) is 5.75 Å². The van der Waals surface area contributed by atoms with E-state index in [1.807, 2.05) is 6.07 Å². The standard InChI is InChI=1S/C20H14BrN3O3/c21-18-6-2-1-5-17(18)20(26)27-16-9-7-14(8-10-16)12-23-24-19(25)15-4-3-11-22-13-15/h1-13H,(H,24,25)/b23-12+. The molecule has 0 radical (unpaired) electrons. The maximum absolute atomic E-state index is 12.2. The van der Waals surface area contributed by atoms with Crippen LogP contribution in [0, 0.1) is 0 Å². The normalized spacial score (nSPS) is 10.6. The van der Waals surface area contributed by atoms with E-state index in [0.717, 1.165) is 5.56 Å². The molecule has 0 aliphatic rings. The molecule has 0 spiro atoms. The summed E-state index contributed by atoms with van der Waals surface area (Å²) in [7, 11) is 0. The van der Waals surface area contributed by atoms with E-state index in [1.165, 1.54) is 12.4 Å². The summed E-state index contributed by atoms with van der Waals surface area (Å²) in [5.74, 6) is -0.390. The van der Waals surface area contributed by atoms with Crippen molar-refractivity contribution in [2.45, 2.75) is 0 Å². The molecule has 0 saturated heterocycles. The molecule has 0 fully saturated rings. The Morgan fingerprint density at radius 3 is 2.52 bits per heavy atom. The Bertz CT molecular complexity index is 973. The molecule has 1 amide bonds. The van der Waals surface area contributed by atoms with Gasteiger partial charge in [0.15, 0.2) is 0 Å². The van der Waals surface area contributed by atoms with Gasteiger partial charge in [-0.25, -0.2) is 10.2 Å². The summed E-state index contributed by atoms with van der Waals surface area (Å²) in [5.41, 5.74) is 4.03. The Kier molecular flexibility index (Phi) is 6.06. The lowest BCUT2D eigenvalue weighted by Crippen LogP contribution is -2.17. The minimum absolute atomic E-state index is 0.349. The predicted octanol–water partition coefficient (Wildman–Crippen LogP) is 3.83. The first kappa shape index (κ1) is 18.5. The fraction of sp³-hybridized carbons (Fsp3) is 0. The molecule has 2 aromatic carbocycles. The van der Waals surface area contributed by atoms with Crippen molar-refractivity contribution in [2.75, 3.05) is 0 Å². The smallest absolute Gasteiger partial charge is 0.344 e. The molecule has 1 N–H and O–H groups in total. The van der Waals surface area contributed by atoms with Gasteiger partial charge < -0.3 is 4.74 Å². The van der Waals surface area contributed by atoms with Crippen molar-refractivity contribution in [1.29, 1.82) is 0 Å². The zero-order chi connectivity index (χ0) is 19.1. The summed E-state index contributed by atoms with van der Waals surface area (Å²) < 4.78 is 6.02. The molecule has 0 saturated carbocycles. The maximum atomic E-state index is 12.2. The van der Waals surface area contributed by atoms with Gasteiger partial charge in [-0.2, -0.15) is 5.10 Å². The van der Waals surface area contributed by atoms with Crippen LogP contribution in [0.4, 0.5) is 0 Å². The summed E-state index contributed by atoms with van der Waals surface area (Å²) in [4.78, 5) is 27.9. The Morgan fingerprint density at radius 2 is 1.81 bits per heavy atom. The fourth-order valence-corrected chi connectivity index (χ4v) is 2.58. The lowest BCUT2D eigenvalue weighted by atomic mass is 10.2. The number of hydrazone groups is 1. The molecular weight excluding hydrogens is 410 g/mol. The van der Waals surface area contributed by atoms with E-state index in [4.69, 9.17) is 4.74 Å². The summed E-state index contributed by atoms with van der Waals surface area (Å²) in [6.45, 7) is 0. The van der Waals surface area contributed by atoms with Crippen LogP contribution in [0.15, 0.2) is 82.6 Å². The minimum atomic E-state index is -0.451. The number of halogens is 1. The molecule has 0 aliphatic carbocycles. The number of amides is 1. The lowest BCUT2D eigenvalue weighted by molar-refractivity contribution is 0.0733. The number of ether oxygens (including phenoxy) is 1. The van der Waals surface area contributed by atoms with E-state index in [9.17, 15) is 9.59 Å². The van der Waals surface area contributed by atoms with Crippen LogP contribution in [-0.2, 0) is 0 Å². The highest BCUT2D eigenvalue weighted by Crippen LogP contribution is 2.19. The number of pyridine rings is 1. The molecule has 134 valence electrons. The van der Waals surface area contributed by atoms with Crippen molar-refractivity contribution in [1.82, 2.24) is 10.4 Å². The first-order valence-electron chi connectivity index (χ1n) is 7.94. The SMILES string of the molecule is O=C(N/N=C/c1ccc(OC(=O)c2ccccc2Br)cc1)c1cccnc1. The highest BCUT2D eigenvalue weighted by atomic mass is 79.9. The van der Waals surface area contributed by atoms with Crippen molar-refractivity contribution >= 4 is 34.0 Å². The van der Waals surface area contributed by atoms with Crippen LogP contribution in [0.1, 0.15) is 26.3 Å². The molecule has 3 aromatic rings. The molecule has 0 aliphatic heterocycles. The van der Waals surface area contributed by atoms with Crippen LogP contribution >= 0.6 is 15.9 Å². The van der Waals surface area contributed by atoms with Crippen LogP contribution in [0.5, 0.6) is 5.75 Å². The van der Waals surface area contributed by atoms with Gasteiger partial charge in [-0.05, 0) is 70.0 Å². The predicted molar refractivity (Wildman–Crippen MR) is 105 cm³/mol. The average Bonchev–Trinajstić information content (AvgIpc) is 2.70. The zero-order valence-corrected chi connectivity index (χ0v) is 15.6. The molecule has 27 heavy (non-hydrogen) atoms. The van der Waals surface area contributed by atoms with Crippen molar-refractivity contribution < 1.29 is 14.3 Å². The first-order valence-corrected chi connectivity index (χ1v) is 8.73. The van der Waals surface area contributed by atoms with Gasteiger partial charge >= 0.3 is 5.97 Å². The third-order valence-corrected chi connectivity index (χ3v) is 4.18. The van der Waals surface area contributed by atoms with Gasteiger partial charge in [-0.15, -0.1) is 0 Å². The molecule has 1 aromatic heterocycles. The first-order chi connectivity index (χ1) is 13.1. The molecule has 0 unspecified atom stereocenters. The van der Waals surface area contributed by atoms with E-state index >= 15 is 0 Å². The van der Waals surface area contributed by atoms with Gasteiger partial charge in [0.05, 0.1) is 17.3 Å². The van der Waals surface area contributed by atoms with Crippen molar-refractivity contribution in [3.05, 3.63) is 94.2 Å². The van der Waals surface area contributed by atoms with E-state index in [0.29, 0.717) is 21.3 Å². The van der Waals surface area contributed by atoms with Crippen molar-refractivity contribution in [2.24, 2.45) is 5.10 Å². The van der Waals surface area contributed by atoms with Gasteiger partial charge in [-0.3, -0.25) is 9.78 Å². The molecule has 1 heterocycles. The van der Waals surface area contributed by atoms with E-state index in [2.05, 4.69) is 31.4 Å². The van der Waals surface area contributed by atoms with Crippen LogP contribution in [0.3, 0.4) is 0 Å². The van der Waals surface area contributed by atoms with E-state index < -0.39 is 5.97 Å². The second-order valence-corrected chi connectivity index (χ2v) is 6.23. The number of benzene rings is 2. The topological polar surface area (TPSA) is 80.6 Å². The van der Waals surface area contributed by atoms with E-state index in [1.54, 1.807) is 60.8 Å². The van der Waals surface area contributed by atoms with Crippen LogP contribution in [-0.4, -0.2) is 23.1 Å². The second kappa shape index (κ2) is 8.86. The molecule has 6 nitrogen and oxygen atoms in total. The average molecular weight is 424 g/mol. The van der Waals surface area contributed by atoms with Crippen molar-refractivity contribution in [3.8, 4) is 5.75 Å². The van der Waals surface area contributed by atoms with Crippen LogP contribution in [0.2, 0.25) is 0 Å². The van der Waals surface area contributed by atoms with Gasteiger partial charge in [0.25, 0.3) is 5.91 Å². The quantitative estimate of drug-likeness (QED) is 0.292. The highest BCUT2D eigenvalue weighted by molar-refractivity contribution is 9.10. The molecule has 0 bridgehead atoms. The maximum Gasteiger partial charge on any atom is 0.344 e. The summed E-state index contributed by atoms with van der Waals surface area (Å²) in [6.07, 6.45) is 4.54. The van der Waals surface area contributed by atoms with E-state index in [-0.39, 0.29) is 5.91 Å². The summed E-state index contributed by atoms with van der Waals surface area (Å²) in [5, 5.41) is 3.90. The number of hydrogen-bond acceptors (Lipinski definition) is 5. The highest BCUT2D eigenvalue weighted by Gasteiger charge is 2.11. The number of carbonyl (C=O) groups excluding carboxylic acids is 2. The fourth-order valence-electron chi connectivity index (χ4n) is 2.14. The Balaban J connectivity index is 1.58. The monoisotopic (exact) mass is 423 g/mol. The summed E-state index contributed by atoms with van der Waals surface area (Å²) >= 11 is 3.32.